The molecule has 1 saturated carbocycles. The molecule has 1 aromatic heterocycles. The van der Waals surface area contributed by atoms with Crippen molar-refractivity contribution in [2.24, 2.45) is 40.7 Å². The molecule has 3 heterocycles. The number of ketones is 4. The van der Waals surface area contributed by atoms with Gasteiger partial charge in [0.15, 0.2) is 11.9 Å². The van der Waals surface area contributed by atoms with E-state index in [-0.39, 0.29) is 121 Å². The Labute approximate surface area is 541 Å². The number of amides is 7. The Balaban J connectivity index is 1.09. The van der Waals surface area contributed by atoms with Crippen molar-refractivity contribution in [1.82, 2.24) is 25.4 Å². The second-order valence-corrected chi connectivity index (χ2v) is 27.3. The number of rotatable bonds is 38. The number of aromatic nitrogens is 1. The van der Waals surface area contributed by atoms with Gasteiger partial charge in [-0.05, 0) is 101 Å². The third-order valence-corrected chi connectivity index (χ3v) is 20.2. The summed E-state index contributed by atoms with van der Waals surface area (Å²) in [5.41, 5.74) is 6.80. The molecule has 20 nitrogen and oxygen atoms in total. The van der Waals surface area contributed by atoms with E-state index >= 15 is 4.79 Å². The van der Waals surface area contributed by atoms with Crippen LogP contribution in [-0.4, -0.2) is 136 Å². The first-order valence-corrected chi connectivity index (χ1v) is 33.8. The monoisotopic (exact) mass is 1280 g/mol. The van der Waals surface area contributed by atoms with Crippen molar-refractivity contribution in [3.8, 4) is 0 Å². The van der Waals surface area contributed by atoms with Gasteiger partial charge in [0.2, 0.25) is 11.8 Å². The van der Waals surface area contributed by atoms with Gasteiger partial charge in [0.05, 0.1) is 19.0 Å². The van der Waals surface area contributed by atoms with E-state index in [1.807, 2.05) is 77.1 Å². The molecule has 1 saturated heterocycles. The predicted octanol–water partition coefficient (Wildman–Crippen LogP) is 9.97. The lowest BCUT2D eigenvalue weighted by molar-refractivity contribution is -0.941. The Morgan fingerprint density at radius 2 is 1.52 bits per heavy atom. The molecule has 7 amide bonds. The summed E-state index contributed by atoms with van der Waals surface area (Å²) in [5.74, 6) is -4.44. The number of nitrogens with one attached hydrogen (secondary N) is 3. The molecule has 9 atom stereocenters. The number of esters is 1. The van der Waals surface area contributed by atoms with E-state index < -0.39 is 47.3 Å². The zero-order valence-corrected chi connectivity index (χ0v) is 55.9. The fraction of sp³-hybridized carbons (Fsp3) is 0.600. The molecule has 2 fully saturated rings. The summed E-state index contributed by atoms with van der Waals surface area (Å²) < 4.78 is 6.36. The average Bonchev–Trinajstić information content (AvgIpc) is 1.30. The normalized spacial score (nSPS) is 19.2. The van der Waals surface area contributed by atoms with Crippen LogP contribution in [0.4, 0.5) is 10.5 Å². The van der Waals surface area contributed by atoms with Crippen LogP contribution in [-0.2, 0) is 60.9 Å². The molecule has 2 aliphatic heterocycles. The van der Waals surface area contributed by atoms with Crippen LogP contribution in [0.2, 0.25) is 0 Å². The number of hydrogen-bond donors (Lipinski definition) is 4. The summed E-state index contributed by atoms with van der Waals surface area (Å²) >= 11 is 1.20. The largest absolute Gasteiger partial charge is 0.455 e. The number of piperidine rings is 1. The standard InChI is InChI=1S/C70H98N8O12S/c1-10-46(4)55(68(88)76(8)57(45(2)3)42-60(90-49(7)80)67-75-56(44-91-67)66(87)74-54(38-47(5)48(6)79)39-50-22-14-13-15-23-50)41-59(81)58-25-17-19-37-78(58,9)43-51-27-29-53(30-28-51)73-65(86)52(24-20-35-72-69(71)89)40-62(83)70(33-21-34-70)61(82)26-16-11-12-18-36-77-63(84)31-32-64(77)85/h13-15,22-23,27-32,44-47,52,54-55,57-58,60H,10-12,16-21,24-26,33-43H2,1-9H3,(H4-,71,72,73,74,86,87,89)/p+1. The van der Waals surface area contributed by atoms with Crippen LogP contribution < -0.4 is 21.7 Å². The van der Waals surface area contributed by atoms with Gasteiger partial charge in [-0.1, -0.05) is 103 Å². The van der Waals surface area contributed by atoms with Gasteiger partial charge in [0.1, 0.15) is 40.6 Å². The molecule has 2 aromatic carbocycles. The van der Waals surface area contributed by atoms with E-state index in [1.165, 1.54) is 35.3 Å². The third kappa shape index (κ3) is 20.6. The molecule has 91 heavy (non-hydrogen) atoms. The molecule has 9 unspecified atom stereocenters. The fourth-order valence-electron chi connectivity index (χ4n) is 13.3. The number of nitrogens with zero attached hydrogens (tertiary/aromatic N) is 4. The summed E-state index contributed by atoms with van der Waals surface area (Å²) in [6.45, 7) is 14.5. The number of quaternary nitrogens is 1. The van der Waals surface area contributed by atoms with Gasteiger partial charge in [-0.25, -0.2) is 9.78 Å². The minimum atomic E-state index is -1.14. The number of carbonyl (C=O) groups is 11. The van der Waals surface area contributed by atoms with E-state index in [2.05, 4.69) is 23.0 Å². The average molecular weight is 1280 g/mol. The highest BCUT2D eigenvalue weighted by Gasteiger charge is 2.50. The number of benzene rings is 2. The number of carbonyl (C=O) groups excluding carboxylic acids is 11. The Bertz CT molecular complexity index is 3050. The minimum Gasteiger partial charge on any atom is -0.455 e. The molecule has 3 aliphatic rings. The highest BCUT2D eigenvalue weighted by molar-refractivity contribution is 7.09. The Hall–Kier alpha value is -7.26. The van der Waals surface area contributed by atoms with Gasteiger partial charge in [0.25, 0.3) is 17.7 Å². The maximum absolute atomic E-state index is 15.0. The van der Waals surface area contributed by atoms with Crippen molar-refractivity contribution >= 4 is 81.7 Å². The van der Waals surface area contributed by atoms with E-state index in [4.69, 9.17) is 15.5 Å². The highest BCUT2D eigenvalue weighted by Crippen LogP contribution is 2.46. The van der Waals surface area contributed by atoms with Crippen molar-refractivity contribution in [3.05, 3.63) is 94.0 Å². The van der Waals surface area contributed by atoms with Crippen LogP contribution in [0.1, 0.15) is 197 Å². The van der Waals surface area contributed by atoms with E-state index in [9.17, 15) is 47.9 Å². The molecule has 1 aliphatic carbocycles. The number of urea groups is 1. The van der Waals surface area contributed by atoms with Crippen molar-refractivity contribution in [3.63, 3.8) is 0 Å². The lowest BCUT2D eigenvalue weighted by Crippen LogP contribution is -2.58. The van der Waals surface area contributed by atoms with Crippen LogP contribution in [0, 0.1) is 35.0 Å². The van der Waals surface area contributed by atoms with Crippen molar-refractivity contribution in [1.29, 1.82) is 0 Å². The van der Waals surface area contributed by atoms with Crippen molar-refractivity contribution < 1.29 is 62.0 Å². The summed E-state index contributed by atoms with van der Waals surface area (Å²) in [5, 5.41) is 10.7. The molecule has 0 radical (unpaired) electrons. The minimum absolute atomic E-state index is 0.0186. The molecule has 496 valence electrons. The van der Waals surface area contributed by atoms with E-state index in [1.54, 1.807) is 36.4 Å². The van der Waals surface area contributed by atoms with Crippen LogP contribution in [0.15, 0.2) is 72.1 Å². The number of Topliss-reactive ketones (excluding diaryl/α,β-unsaturated/α-hetero) is 4. The maximum atomic E-state index is 15.0. The SMILES string of the molecule is CCC(C)C(CC(=O)C1CCCC[N+]1(C)Cc1ccc(NC(=O)C(CCCNC(N)=O)CC(=O)C2(C(=O)CCCCCCN3C(=O)C=CC3=O)CCC2)cc1)C(=O)N(C)C(CC(OC(C)=O)c1nc(C(=O)NC(Cc2ccccc2)CC(C)C(C)=O)cs1)C(C)C. The van der Waals surface area contributed by atoms with Crippen LogP contribution in [0.3, 0.4) is 0 Å². The molecular formula is C70H99N8O12S+. The number of nitrogens with two attached hydrogens (primary N) is 1. The number of anilines is 1. The molecule has 5 N–H and O–H groups in total. The maximum Gasteiger partial charge on any atom is 0.312 e. The molecule has 21 heteroatoms. The van der Waals surface area contributed by atoms with Crippen LogP contribution in [0.25, 0.3) is 0 Å². The Kier molecular flexibility index (Phi) is 27.5. The lowest BCUT2D eigenvalue weighted by Gasteiger charge is -2.44. The topological polar surface area (TPSA) is 278 Å². The quantitative estimate of drug-likeness (QED) is 0.0137. The summed E-state index contributed by atoms with van der Waals surface area (Å²) in [7, 11) is 3.84. The smallest absolute Gasteiger partial charge is 0.312 e. The summed E-state index contributed by atoms with van der Waals surface area (Å²) in [6, 6.07) is 15.3. The fourth-order valence-corrected chi connectivity index (χ4v) is 14.1. The Morgan fingerprint density at radius 3 is 2.13 bits per heavy atom. The first-order valence-electron chi connectivity index (χ1n) is 32.9. The number of likely N-dealkylation sites (tertiary alicyclic amines) is 1. The van der Waals surface area contributed by atoms with Gasteiger partial charge in [-0.2, -0.15) is 0 Å². The first kappa shape index (κ1) is 72.8. The van der Waals surface area contributed by atoms with Crippen LogP contribution >= 0.6 is 11.3 Å². The molecule has 0 bridgehead atoms. The van der Waals surface area contributed by atoms with Gasteiger partial charge >= 0.3 is 12.0 Å². The third-order valence-electron chi connectivity index (χ3n) is 19.3. The second kappa shape index (κ2) is 34.4. The molecule has 3 aromatic rings. The highest BCUT2D eigenvalue weighted by atomic mass is 32.1. The van der Waals surface area contributed by atoms with Crippen molar-refractivity contribution in [2.45, 2.75) is 201 Å². The number of primary amides is 1. The number of unbranched alkanes of at least 4 members (excludes halogenated alkanes) is 3. The van der Waals surface area contributed by atoms with Gasteiger partial charge in [-0.15, -0.1) is 11.3 Å². The summed E-state index contributed by atoms with van der Waals surface area (Å²) in [6.07, 6.45) is 10.8. The van der Waals surface area contributed by atoms with Gasteiger partial charge in [0, 0.05) is 118 Å². The molecule has 0 spiro atoms. The zero-order chi connectivity index (χ0) is 66.6. The predicted molar refractivity (Wildman–Crippen MR) is 349 cm³/mol. The zero-order valence-electron chi connectivity index (χ0n) is 55.1. The molecular weight excluding hydrogens is 1180 g/mol. The van der Waals surface area contributed by atoms with Gasteiger partial charge < -0.3 is 35.8 Å². The Morgan fingerprint density at radius 1 is 0.835 bits per heavy atom. The van der Waals surface area contributed by atoms with Gasteiger partial charge in [-0.3, -0.25) is 52.8 Å². The number of imide groups is 1. The lowest BCUT2D eigenvalue weighted by atomic mass is 9.61. The molecule has 6 rings (SSSR count). The summed E-state index contributed by atoms with van der Waals surface area (Å²) in [4.78, 5) is 154. The van der Waals surface area contributed by atoms with E-state index in [0.717, 1.165) is 36.9 Å². The first-order chi connectivity index (χ1) is 43.2. The number of likely N-dealkylation sites (N-methyl/N-ethyl adjacent to an activating group) is 1. The second-order valence-electron chi connectivity index (χ2n) is 26.4. The van der Waals surface area contributed by atoms with Crippen LogP contribution in [0.5, 0.6) is 0 Å². The van der Waals surface area contributed by atoms with Crippen molar-refractivity contribution in [2.75, 3.05) is 39.0 Å². The number of ether oxygens (including phenoxy) is 1. The number of hydrogen-bond acceptors (Lipinski definition) is 14. The van der Waals surface area contributed by atoms with E-state index in [0.29, 0.717) is 98.9 Å². The number of thiazole rings is 1.